The third-order valence-electron chi connectivity index (χ3n) is 3.48. The predicted octanol–water partition coefficient (Wildman–Crippen LogP) is 2.98. The summed E-state index contributed by atoms with van der Waals surface area (Å²) in [5.41, 5.74) is 3.61. The summed E-state index contributed by atoms with van der Waals surface area (Å²) in [6.07, 6.45) is 2.41. The Morgan fingerprint density at radius 1 is 1.43 bits per heavy atom. The molecule has 3 N–H and O–H groups in total. The molecule has 21 heavy (non-hydrogen) atoms. The second-order valence-electron chi connectivity index (χ2n) is 4.91. The van der Waals surface area contributed by atoms with Crippen molar-refractivity contribution < 1.29 is 13.9 Å². The van der Waals surface area contributed by atoms with Crippen molar-refractivity contribution in [1.29, 1.82) is 0 Å². The number of rotatable bonds is 6. The number of nitrogens with two attached hydrogens (primary N) is 1. The van der Waals surface area contributed by atoms with Crippen LogP contribution in [0.4, 0.5) is 0 Å². The molecule has 0 aliphatic rings. The van der Waals surface area contributed by atoms with Crippen LogP contribution in [0.25, 0.3) is 0 Å². The number of furan rings is 1. The average Bonchev–Trinajstić information content (AvgIpc) is 3.00. The number of nitrogen functional groups attached to an aromatic ring is 1. The number of amides is 1. The van der Waals surface area contributed by atoms with Crippen molar-refractivity contribution >= 4 is 5.91 Å². The molecule has 112 valence electrons. The molecule has 1 aromatic heterocycles. The van der Waals surface area contributed by atoms with Crippen LogP contribution in [0.3, 0.4) is 0 Å². The van der Waals surface area contributed by atoms with E-state index >= 15 is 0 Å². The van der Waals surface area contributed by atoms with Gasteiger partial charge in [-0.25, -0.2) is 5.84 Å². The lowest BCUT2D eigenvalue weighted by Crippen LogP contribution is -2.29. The zero-order chi connectivity index (χ0) is 15.2. The van der Waals surface area contributed by atoms with E-state index in [1.165, 1.54) is 11.8 Å². The van der Waals surface area contributed by atoms with Gasteiger partial charge in [0, 0.05) is 0 Å². The summed E-state index contributed by atoms with van der Waals surface area (Å²) in [6, 6.07) is 9.58. The first-order valence-corrected chi connectivity index (χ1v) is 6.95. The summed E-state index contributed by atoms with van der Waals surface area (Å²) < 4.78 is 11.1. The normalized spacial score (nSPS) is 12.0. The lowest BCUT2D eigenvalue weighted by atomic mass is 9.98. The van der Waals surface area contributed by atoms with Gasteiger partial charge < -0.3 is 9.15 Å². The van der Waals surface area contributed by atoms with Crippen LogP contribution in [0.1, 0.15) is 47.9 Å². The van der Waals surface area contributed by atoms with Gasteiger partial charge in [-0.05, 0) is 30.0 Å². The van der Waals surface area contributed by atoms with E-state index in [2.05, 4.69) is 25.3 Å². The van der Waals surface area contributed by atoms with E-state index in [1.807, 2.05) is 18.2 Å². The van der Waals surface area contributed by atoms with Gasteiger partial charge >= 0.3 is 0 Å². The molecule has 0 fully saturated rings. The minimum atomic E-state index is -0.384. The first kappa shape index (κ1) is 15.1. The SMILES string of the molecule is CCC(C)c1ccccc1OCc1cc(C(=O)NN)co1. The van der Waals surface area contributed by atoms with Crippen molar-refractivity contribution in [1.82, 2.24) is 5.43 Å². The highest BCUT2D eigenvalue weighted by Gasteiger charge is 2.12. The van der Waals surface area contributed by atoms with Crippen LogP contribution in [0.5, 0.6) is 5.75 Å². The van der Waals surface area contributed by atoms with Gasteiger partial charge in [-0.2, -0.15) is 0 Å². The predicted molar refractivity (Wildman–Crippen MR) is 79.8 cm³/mol. The minimum Gasteiger partial charge on any atom is -0.485 e. The smallest absolute Gasteiger partial charge is 0.268 e. The highest BCUT2D eigenvalue weighted by molar-refractivity contribution is 5.93. The van der Waals surface area contributed by atoms with Gasteiger partial charge in [0.15, 0.2) is 0 Å². The fourth-order valence-corrected chi connectivity index (χ4v) is 2.05. The molecule has 0 aliphatic heterocycles. The topological polar surface area (TPSA) is 77.5 Å². The number of nitrogens with one attached hydrogen (secondary N) is 1. The quantitative estimate of drug-likeness (QED) is 0.486. The van der Waals surface area contributed by atoms with Crippen LogP contribution in [-0.4, -0.2) is 5.91 Å². The third-order valence-corrected chi connectivity index (χ3v) is 3.48. The largest absolute Gasteiger partial charge is 0.485 e. The van der Waals surface area contributed by atoms with Crippen molar-refractivity contribution in [2.45, 2.75) is 32.8 Å². The summed E-state index contributed by atoms with van der Waals surface area (Å²) >= 11 is 0. The molecular formula is C16H20N2O3. The Labute approximate surface area is 124 Å². The molecule has 1 unspecified atom stereocenters. The Balaban J connectivity index is 2.06. The molecule has 1 amide bonds. The standard InChI is InChI=1S/C16H20N2O3/c1-3-11(2)14-6-4-5-7-15(14)21-10-13-8-12(9-20-13)16(19)18-17/h4-9,11H,3,10,17H2,1-2H3,(H,18,19). The van der Waals surface area contributed by atoms with Gasteiger partial charge in [-0.3, -0.25) is 10.2 Å². The van der Waals surface area contributed by atoms with Crippen molar-refractivity contribution in [3.63, 3.8) is 0 Å². The molecule has 2 aromatic rings. The number of para-hydroxylation sites is 1. The maximum Gasteiger partial charge on any atom is 0.268 e. The van der Waals surface area contributed by atoms with Gasteiger partial charge in [0.2, 0.25) is 0 Å². The summed E-state index contributed by atoms with van der Waals surface area (Å²) in [7, 11) is 0. The molecule has 5 nitrogen and oxygen atoms in total. The monoisotopic (exact) mass is 288 g/mol. The van der Waals surface area contributed by atoms with Gasteiger partial charge in [-0.1, -0.05) is 32.0 Å². The number of hydrogen-bond donors (Lipinski definition) is 2. The van der Waals surface area contributed by atoms with Crippen molar-refractivity contribution in [2.75, 3.05) is 0 Å². The average molecular weight is 288 g/mol. The molecule has 0 aliphatic carbocycles. The highest BCUT2D eigenvalue weighted by atomic mass is 16.5. The first-order valence-electron chi connectivity index (χ1n) is 6.95. The highest BCUT2D eigenvalue weighted by Crippen LogP contribution is 2.29. The van der Waals surface area contributed by atoms with Gasteiger partial charge in [0.05, 0.1) is 5.56 Å². The van der Waals surface area contributed by atoms with E-state index in [0.29, 0.717) is 17.2 Å². The molecule has 2 rings (SSSR count). The zero-order valence-corrected chi connectivity index (χ0v) is 12.3. The Hall–Kier alpha value is -2.27. The number of carbonyl (C=O) groups is 1. The lowest BCUT2D eigenvalue weighted by Gasteiger charge is -2.14. The summed E-state index contributed by atoms with van der Waals surface area (Å²) in [5.74, 6) is 6.53. The fourth-order valence-electron chi connectivity index (χ4n) is 2.05. The summed E-state index contributed by atoms with van der Waals surface area (Å²) in [6.45, 7) is 4.58. The second-order valence-corrected chi connectivity index (χ2v) is 4.91. The Bertz CT molecular complexity index is 607. The van der Waals surface area contributed by atoms with Crippen LogP contribution in [-0.2, 0) is 6.61 Å². The van der Waals surface area contributed by atoms with E-state index < -0.39 is 0 Å². The first-order chi connectivity index (χ1) is 10.2. The van der Waals surface area contributed by atoms with Crippen LogP contribution < -0.4 is 16.0 Å². The van der Waals surface area contributed by atoms with Crippen LogP contribution >= 0.6 is 0 Å². The fraction of sp³-hybridized carbons (Fsp3) is 0.312. The van der Waals surface area contributed by atoms with E-state index in [-0.39, 0.29) is 12.5 Å². The summed E-state index contributed by atoms with van der Waals surface area (Å²) in [5, 5.41) is 0. The number of benzene rings is 1. The second kappa shape index (κ2) is 6.95. The number of hydrazine groups is 1. The Morgan fingerprint density at radius 3 is 2.90 bits per heavy atom. The van der Waals surface area contributed by atoms with Gasteiger partial charge in [0.1, 0.15) is 24.4 Å². The van der Waals surface area contributed by atoms with Crippen LogP contribution in [0.15, 0.2) is 41.0 Å². The number of ether oxygens (including phenoxy) is 1. The lowest BCUT2D eigenvalue weighted by molar-refractivity contribution is 0.0953. The van der Waals surface area contributed by atoms with E-state index in [0.717, 1.165) is 12.2 Å². The zero-order valence-electron chi connectivity index (χ0n) is 12.3. The maximum atomic E-state index is 11.3. The van der Waals surface area contributed by atoms with Crippen molar-refractivity contribution in [3.05, 3.63) is 53.5 Å². The minimum absolute atomic E-state index is 0.269. The molecule has 0 bridgehead atoms. The summed E-state index contributed by atoms with van der Waals surface area (Å²) in [4.78, 5) is 11.3. The molecule has 5 heteroatoms. The Morgan fingerprint density at radius 2 is 2.19 bits per heavy atom. The van der Waals surface area contributed by atoms with Crippen LogP contribution in [0.2, 0.25) is 0 Å². The molecule has 1 atom stereocenters. The van der Waals surface area contributed by atoms with Crippen LogP contribution in [0, 0.1) is 0 Å². The number of hydrogen-bond acceptors (Lipinski definition) is 4. The molecular weight excluding hydrogens is 268 g/mol. The van der Waals surface area contributed by atoms with E-state index in [9.17, 15) is 4.79 Å². The molecule has 0 saturated heterocycles. The molecule has 0 saturated carbocycles. The molecule has 0 spiro atoms. The van der Waals surface area contributed by atoms with E-state index in [1.54, 1.807) is 6.07 Å². The number of carbonyl (C=O) groups excluding carboxylic acids is 1. The molecule has 0 radical (unpaired) electrons. The van der Waals surface area contributed by atoms with E-state index in [4.69, 9.17) is 15.0 Å². The van der Waals surface area contributed by atoms with Gasteiger partial charge in [-0.15, -0.1) is 0 Å². The van der Waals surface area contributed by atoms with Gasteiger partial charge in [0.25, 0.3) is 5.91 Å². The maximum absolute atomic E-state index is 11.3. The third kappa shape index (κ3) is 3.64. The molecule has 1 heterocycles. The van der Waals surface area contributed by atoms with Crippen molar-refractivity contribution in [3.8, 4) is 5.75 Å². The Kier molecular flexibility index (Phi) is 5.00. The molecule has 1 aromatic carbocycles. The van der Waals surface area contributed by atoms with Crippen molar-refractivity contribution in [2.24, 2.45) is 5.84 Å².